The van der Waals surface area contributed by atoms with Crippen molar-refractivity contribution in [3.05, 3.63) is 77.9 Å². The smallest absolute Gasteiger partial charge is 0.245 e. The van der Waals surface area contributed by atoms with E-state index < -0.39 is 11.7 Å². The Bertz CT molecular complexity index is 1230. The molecule has 0 amide bonds. The molecule has 2 heterocycles. The molecule has 0 spiro atoms. The second kappa shape index (κ2) is 10.5. The van der Waals surface area contributed by atoms with E-state index in [4.69, 9.17) is 0 Å². The monoisotopic (exact) mass is 463 g/mol. The Morgan fingerprint density at radius 1 is 1.06 bits per heavy atom. The van der Waals surface area contributed by atoms with Crippen LogP contribution in [0.5, 0.6) is 0 Å². The normalized spacial score (nSPS) is 12.0. The molecule has 1 N–H and O–H groups in total. The molecule has 0 saturated carbocycles. The molecule has 0 radical (unpaired) electrons. The first-order valence-corrected chi connectivity index (χ1v) is 11.4. The fraction of sp³-hybridized carbons (Fsp3) is 0.320. The number of benzene rings is 2. The van der Waals surface area contributed by atoms with Gasteiger partial charge in [-0.2, -0.15) is 8.78 Å². The second-order valence-electron chi connectivity index (χ2n) is 8.08. The molecule has 0 aliphatic carbocycles. The number of unbranched alkanes of at least 4 members (excludes halogenated alkanes) is 1. The molecule has 34 heavy (non-hydrogen) atoms. The summed E-state index contributed by atoms with van der Waals surface area (Å²) >= 11 is 0. The van der Waals surface area contributed by atoms with E-state index in [1.54, 1.807) is 4.68 Å². The molecule has 2 aromatic heterocycles. The molecule has 0 atom stereocenters. The Balaban J connectivity index is 1.59. The summed E-state index contributed by atoms with van der Waals surface area (Å²) in [7, 11) is 0. The van der Waals surface area contributed by atoms with Crippen LogP contribution < -0.4 is 0 Å². The lowest BCUT2D eigenvalue weighted by Gasteiger charge is -2.11. The minimum atomic E-state index is -3.03. The molecule has 2 aromatic carbocycles. The average molecular weight is 464 g/mol. The van der Waals surface area contributed by atoms with Crippen LogP contribution in [0.4, 0.5) is 8.78 Å². The number of H-pyrrole nitrogens is 1. The van der Waals surface area contributed by atoms with E-state index in [-0.39, 0.29) is 6.42 Å². The molecule has 4 rings (SSSR count). The van der Waals surface area contributed by atoms with Crippen LogP contribution in [-0.4, -0.2) is 35.4 Å². The van der Waals surface area contributed by atoms with Gasteiger partial charge in [0.25, 0.3) is 0 Å². The Hall–Kier alpha value is -3.75. The van der Waals surface area contributed by atoms with Crippen molar-refractivity contribution in [1.29, 1.82) is 0 Å². The molecule has 7 nitrogen and oxygen atoms in total. The summed E-state index contributed by atoms with van der Waals surface area (Å²) in [5.74, 6) is -2.31. The minimum absolute atomic E-state index is 0.245. The van der Waals surface area contributed by atoms with Crippen LogP contribution in [0.25, 0.3) is 22.5 Å². The van der Waals surface area contributed by atoms with Gasteiger partial charge in [0.2, 0.25) is 5.82 Å². The first-order chi connectivity index (χ1) is 16.5. The van der Waals surface area contributed by atoms with Gasteiger partial charge in [-0.05, 0) is 40.5 Å². The number of hydrogen-bond acceptors (Lipinski definition) is 5. The highest BCUT2D eigenvalue weighted by atomic mass is 19.3. The van der Waals surface area contributed by atoms with Gasteiger partial charge in [-0.3, -0.25) is 0 Å². The minimum Gasteiger partial charge on any atom is -0.245 e. The zero-order valence-electron chi connectivity index (χ0n) is 19.2. The van der Waals surface area contributed by atoms with Crippen molar-refractivity contribution in [3.8, 4) is 22.5 Å². The molecule has 0 bridgehead atoms. The van der Waals surface area contributed by atoms with Gasteiger partial charge in [0.05, 0.1) is 6.54 Å². The summed E-state index contributed by atoms with van der Waals surface area (Å²) < 4.78 is 30.8. The maximum absolute atomic E-state index is 14.6. The van der Waals surface area contributed by atoms with Crippen molar-refractivity contribution in [2.45, 2.75) is 52.0 Å². The van der Waals surface area contributed by atoms with Gasteiger partial charge in [0, 0.05) is 18.4 Å². The SMILES string of the molecule is C/C=C/Cc1nc(C(F)(F)CCCC)nn1Cc1ccc(-c2ccccc2-c2nnn[nH]2)cc1. The van der Waals surface area contributed by atoms with Crippen LogP contribution >= 0.6 is 0 Å². The highest BCUT2D eigenvalue weighted by Gasteiger charge is 2.36. The van der Waals surface area contributed by atoms with Gasteiger partial charge in [-0.1, -0.05) is 74.0 Å². The molecule has 0 aliphatic rings. The number of halogens is 2. The first kappa shape index (κ1) is 23.4. The van der Waals surface area contributed by atoms with E-state index in [9.17, 15) is 8.78 Å². The van der Waals surface area contributed by atoms with Crippen molar-refractivity contribution < 1.29 is 8.78 Å². The molecular formula is C25H27F2N7. The summed E-state index contributed by atoms with van der Waals surface area (Å²) in [5.41, 5.74) is 3.82. The van der Waals surface area contributed by atoms with E-state index >= 15 is 0 Å². The van der Waals surface area contributed by atoms with Crippen molar-refractivity contribution in [3.63, 3.8) is 0 Å². The number of tetrazole rings is 1. The molecule has 9 heteroatoms. The third-order valence-corrected chi connectivity index (χ3v) is 5.58. The summed E-state index contributed by atoms with van der Waals surface area (Å²) in [6.45, 7) is 4.14. The van der Waals surface area contributed by atoms with Gasteiger partial charge in [0.15, 0.2) is 5.82 Å². The highest BCUT2D eigenvalue weighted by Crippen LogP contribution is 2.32. The summed E-state index contributed by atoms with van der Waals surface area (Å²) in [6, 6.07) is 15.8. The van der Waals surface area contributed by atoms with Crippen LogP contribution in [0.1, 0.15) is 50.3 Å². The highest BCUT2D eigenvalue weighted by molar-refractivity contribution is 5.80. The fourth-order valence-electron chi connectivity index (χ4n) is 3.72. The van der Waals surface area contributed by atoms with Crippen LogP contribution in [0.15, 0.2) is 60.7 Å². The van der Waals surface area contributed by atoms with Gasteiger partial charge in [-0.15, -0.1) is 10.2 Å². The van der Waals surface area contributed by atoms with Crippen molar-refractivity contribution >= 4 is 0 Å². The third kappa shape index (κ3) is 5.24. The predicted molar refractivity (Wildman–Crippen MR) is 126 cm³/mol. The van der Waals surface area contributed by atoms with E-state index in [2.05, 4.69) is 30.7 Å². The first-order valence-electron chi connectivity index (χ1n) is 11.4. The molecule has 0 fully saturated rings. The number of nitrogens with zero attached hydrogens (tertiary/aromatic N) is 6. The Morgan fingerprint density at radius 3 is 2.50 bits per heavy atom. The lowest BCUT2D eigenvalue weighted by molar-refractivity contribution is -0.0245. The van der Waals surface area contributed by atoms with Gasteiger partial charge < -0.3 is 0 Å². The largest absolute Gasteiger partial charge is 0.308 e. The number of alkyl halides is 2. The van der Waals surface area contributed by atoms with Crippen LogP contribution in [0.2, 0.25) is 0 Å². The van der Waals surface area contributed by atoms with Gasteiger partial charge >= 0.3 is 5.92 Å². The zero-order valence-corrected chi connectivity index (χ0v) is 19.2. The number of aromatic nitrogens is 7. The van der Waals surface area contributed by atoms with E-state index in [0.717, 1.165) is 22.3 Å². The average Bonchev–Trinajstić information content (AvgIpc) is 3.53. The van der Waals surface area contributed by atoms with E-state index in [1.165, 1.54) is 0 Å². The molecule has 0 aliphatic heterocycles. The second-order valence-corrected chi connectivity index (χ2v) is 8.08. The van der Waals surface area contributed by atoms with Crippen molar-refractivity contribution in [1.82, 2.24) is 35.4 Å². The van der Waals surface area contributed by atoms with E-state index in [1.807, 2.05) is 74.5 Å². The molecular weight excluding hydrogens is 436 g/mol. The molecule has 0 unspecified atom stereocenters. The predicted octanol–water partition coefficient (Wildman–Crippen LogP) is 5.57. The Morgan fingerprint density at radius 2 is 1.82 bits per heavy atom. The lowest BCUT2D eigenvalue weighted by atomic mass is 9.98. The summed E-state index contributed by atoms with van der Waals surface area (Å²) in [6.07, 6.45) is 5.11. The maximum Gasteiger partial charge on any atom is 0.308 e. The zero-order chi connectivity index (χ0) is 24.0. The Labute approximate surface area is 196 Å². The number of allylic oxidation sites excluding steroid dienone is 2. The van der Waals surface area contributed by atoms with Gasteiger partial charge in [-0.25, -0.2) is 14.8 Å². The van der Waals surface area contributed by atoms with Crippen LogP contribution in [0, 0.1) is 0 Å². The van der Waals surface area contributed by atoms with Crippen molar-refractivity contribution in [2.75, 3.05) is 0 Å². The van der Waals surface area contributed by atoms with Gasteiger partial charge in [0.1, 0.15) is 5.82 Å². The van der Waals surface area contributed by atoms with Crippen LogP contribution in [-0.2, 0) is 18.9 Å². The van der Waals surface area contributed by atoms with E-state index in [0.29, 0.717) is 37.5 Å². The quantitative estimate of drug-likeness (QED) is 0.311. The maximum atomic E-state index is 14.6. The number of nitrogens with one attached hydrogen (secondary N) is 1. The number of hydrogen-bond donors (Lipinski definition) is 1. The topological polar surface area (TPSA) is 85.2 Å². The third-order valence-electron chi connectivity index (χ3n) is 5.58. The van der Waals surface area contributed by atoms with Crippen LogP contribution in [0.3, 0.4) is 0 Å². The summed E-state index contributed by atoms with van der Waals surface area (Å²) in [5, 5.41) is 18.4. The molecule has 0 saturated heterocycles. The summed E-state index contributed by atoms with van der Waals surface area (Å²) in [4.78, 5) is 4.20. The number of rotatable bonds is 10. The fourth-order valence-corrected chi connectivity index (χ4v) is 3.72. The lowest BCUT2D eigenvalue weighted by Crippen LogP contribution is -2.16. The Kier molecular flexibility index (Phi) is 7.20. The number of aromatic amines is 1. The van der Waals surface area contributed by atoms with Crippen molar-refractivity contribution in [2.24, 2.45) is 0 Å². The standard InChI is InChI=1S/C25H27F2N7/c1-3-5-11-22-28-24(25(26,27)16-6-4-2)31-34(22)17-18-12-14-19(15-13-18)20-9-7-8-10-21(20)23-29-32-33-30-23/h3,5,7-10,12-15H,4,6,11,16-17H2,1-2H3,(H,29,30,32,33)/b5-3+. The molecule has 176 valence electrons. The molecule has 4 aromatic rings.